The van der Waals surface area contributed by atoms with Crippen molar-refractivity contribution in [1.82, 2.24) is 19.6 Å². The van der Waals surface area contributed by atoms with Gasteiger partial charge in [-0.3, -0.25) is 9.36 Å². The van der Waals surface area contributed by atoms with Crippen molar-refractivity contribution in [3.63, 3.8) is 0 Å². The molecule has 18 heavy (non-hydrogen) atoms. The van der Waals surface area contributed by atoms with Crippen LogP contribution >= 0.6 is 0 Å². The molecule has 5 nitrogen and oxygen atoms in total. The Morgan fingerprint density at radius 1 is 1.39 bits per heavy atom. The van der Waals surface area contributed by atoms with Gasteiger partial charge in [0.1, 0.15) is 6.67 Å². The largest absolute Gasteiger partial charge is 0.378 e. The highest BCUT2D eigenvalue weighted by Crippen LogP contribution is 2.15. The number of rotatable bonds is 5. The quantitative estimate of drug-likeness (QED) is 0.881. The molecule has 0 saturated carbocycles. The fourth-order valence-corrected chi connectivity index (χ4v) is 1.80. The van der Waals surface area contributed by atoms with Crippen LogP contribution in [0, 0.1) is 13.8 Å². The Hall–Kier alpha value is -1.85. The zero-order chi connectivity index (χ0) is 13.1. The van der Waals surface area contributed by atoms with Crippen LogP contribution in [0.2, 0.25) is 0 Å². The summed E-state index contributed by atoms with van der Waals surface area (Å²) in [5.74, 6) is 0. The first kappa shape index (κ1) is 12.6. The highest BCUT2D eigenvalue weighted by Gasteiger charge is 2.07. The number of alkyl halides is 1. The normalized spacial score (nSPS) is 10.9. The maximum absolute atomic E-state index is 12.2. The molecule has 0 spiro atoms. The fraction of sp³-hybridized carbons (Fsp3) is 0.500. The molecular formula is C12H18FN5. The average Bonchev–Trinajstić information content (AvgIpc) is 2.83. The molecule has 0 bridgehead atoms. The summed E-state index contributed by atoms with van der Waals surface area (Å²) in [6.07, 6.45) is 3.68. The van der Waals surface area contributed by atoms with E-state index in [0.29, 0.717) is 13.1 Å². The van der Waals surface area contributed by atoms with E-state index in [1.54, 1.807) is 4.68 Å². The second-order valence-corrected chi connectivity index (χ2v) is 4.31. The molecule has 0 aliphatic heterocycles. The lowest BCUT2D eigenvalue weighted by Gasteiger charge is -2.04. The first-order chi connectivity index (χ1) is 8.61. The van der Waals surface area contributed by atoms with Crippen LogP contribution in [0.15, 0.2) is 12.4 Å². The summed E-state index contributed by atoms with van der Waals surface area (Å²) >= 11 is 0. The number of aromatic nitrogens is 4. The molecule has 1 N–H and O–H groups in total. The van der Waals surface area contributed by atoms with Gasteiger partial charge in [-0.05, 0) is 13.8 Å². The molecule has 0 radical (unpaired) electrons. The van der Waals surface area contributed by atoms with Crippen LogP contribution in [0.4, 0.5) is 10.1 Å². The van der Waals surface area contributed by atoms with Crippen molar-refractivity contribution in [2.75, 3.05) is 12.0 Å². The third-order valence-electron chi connectivity index (χ3n) is 3.07. The lowest BCUT2D eigenvalue weighted by atomic mass is 10.2. The van der Waals surface area contributed by atoms with Gasteiger partial charge in [0, 0.05) is 31.0 Å². The van der Waals surface area contributed by atoms with Crippen LogP contribution in [-0.2, 0) is 20.1 Å². The minimum atomic E-state index is -0.401. The molecule has 0 saturated heterocycles. The van der Waals surface area contributed by atoms with Crippen molar-refractivity contribution in [2.45, 2.75) is 26.9 Å². The van der Waals surface area contributed by atoms with Gasteiger partial charge in [0.05, 0.1) is 24.1 Å². The summed E-state index contributed by atoms with van der Waals surface area (Å²) < 4.78 is 15.7. The van der Waals surface area contributed by atoms with Crippen LogP contribution in [0.25, 0.3) is 0 Å². The third-order valence-corrected chi connectivity index (χ3v) is 3.07. The Balaban J connectivity index is 2.03. The van der Waals surface area contributed by atoms with Crippen molar-refractivity contribution >= 4 is 5.69 Å². The number of halogens is 1. The Morgan fingerprint density at radius 3 is 2.78 bits per heavy atom. The molecule has 2 heterocycles. The van der Waals surface area contributed by atoms with E-state index in [-0.39, 0.29) is 0 Å². The van der Waals surface area contributed by atoms with Crippen LogP contribution in [0.5, 0.6) is 0 Å². The number of hydrogen-bond donors (Lipinski definition) is 1. The minimum Gasteiger partial charge on any atom is -0.378 e. The first-order valence-electron chi connectivity index (χ1n) is 5.93. The van der Waals surface area contributed by atoms with Crippen LogP contribution < -0.4 is 5.32 Å². The van der Waals surface area contributed by atoms with Crippen molar-refractivity contribution in [1.29, 1.82) is 0 Å². The van der Waals surface area contributed by atoms with Gasteiger partial charge in [-0.15, -0.1) is 0 Å². The predicted octanol–water partition coefficient (Wildman–Crippen LogP) is 1.82. The van der Waals surface area contributed by atoms with Gasteiger partial charge in [0.2, 0.25) is 0 Å². The van der Waals surface area contributed by atoms with E-state index in [0.717, 1.165) is 22.6 Å². The summed E-state index contributed by atoms with van der Waals surface area (Å²) in [5.41, 5.74) is 4.10. The van der Waals surface area contributed by atoms with Crippen molar-refractivity contribution in [3.8, 4) is 0 Å². The molecule has 0 fully saturated rings. The molecule has 6 heteroatoms. The second-order valence-electron chi connectivity index (χ2n) is 4.31. The standard InChI is InChI=1S/C12H18FN5/c1-9-12(8-18(16-9)5-4-13)14-6-11-7-15-17(3)10(11)2/h7-8,14H,4-6H2,1-3H3. The number of hydrogen-bond acceptors (Lipinski definition) is 3. The van der Waals surface area contributed by atoms with Crippen LogP contribution in [0.1, 0.15) is 17.0 Å². The molecule has 2 aromatic rings. The molecule has 0 unspecified atom stereocenters. The zero-order valence-corrected chi connectivity index (χ0v) is 10.9. The topological polar surface area (TPSA) is 47.7 Å². The van der Waals surface area contributed by atoms with E-state index in [2.05, 4.69) is 15.5 Å². The summed E-state index contributed by atoms with van der Waals surface area (Å²) in [4.78, 5) is 0. The van der Waals surface area contributed by atoms with Gasteiger partial charge in [-0.1, -0.05) is 0 Å². The Kier molecular flexibility index (Phi) is 3.64. The maximum atomic E-state index is 12.2. The minimum absolute atomic E-state index is 0.300. The molecule has 0 aliphatic rings. The summed E-state index contributed by atoms with van der Waals surface area (Å²) in [5, 5.41) is 11.7. The molecule has 2 aromatic heterocycles. The van der Waals surface area contributed by atoms with Gasteiger partial charge in [-0.25, -0.2) is 4.39 Å². The van der Waals surface area contributed by atoms with Crippen molar-refractivity contribution < 1.29 is 4.39 Å². The molecule has 2 rings (SSSR count). The monoisotopic (exact) mass is 251 g/mol. The van der Waals surface area contributed by atoms with E-state index in [9.17, 15) is 4.39 Å². The Morgan fingerprint density at radius 2 is 2.17 bits per heavy atom. The maximum Gasteiger partial charge on any atom is 0.109 e. The van der Waals surface area contributed by atoms with Gasteiger partial charge in [0.25, 0.3) is 0 Å². The predicted molar refractivity (Wildman–Crippen MR) is 68.2 cm³/mol. The van der Waals surface area contributed by atoms with Gasteiger partial charge >= 0.3 is 0 Å². The molecule has 0 atom stereocenters. The van der Waals surface area contributed by atoms with E-state index in [1.165, 1.54) is 0 Å². The molecule has 0 aromatic carbocycles. The Labute approximate surface area is 106 Å². The SMILES string of the molecule is Cc1nn(CCF)cc1NCc1cnn(C)c1C. The second kappa shape index (κ2) is 5.20. The van der Waals surface area contributed by atoms with Gasteiger partial charge in [-0.2, -0.15) is 10.2 Å². The van der Waals surface area contributed by atoms with E-state index in [1.807, 2.05) is 38.0 Å². The molecule has 0 amide bonds. The van der Waals surface area contributed by atoms with Crippen molar-refractivity contribution in [3.05, 3.63) is 29.3 Å². The van der Waals surface area contributed by atoms with Gasteiger partial charge in [0.15, 0.2) is 0 Å². The first-order valence-corrected chi connectivity index (χ1v) is 5.93. The summed E-state index contributed by atoms with van der Waals surface area (Å²) in [7, 11) is 1.92. The zero-order valence-electron chi connectivity index (χ0n) is 10.9. The molecule has 98 valence electrons. The van der Waals surface area contributed by atoms with Crippen molar-refractivity contribution in [2.24, 2.45) is 7.05 Å². The fourth-order valence-electron chi connectivity index (χ4n) is 1.80. The van der Waals surface area contributed by atoms with Crippen LogP contribution in [0.3, 0.4) is 0 Å². The summed E-state index contributed by atoms with van der Waals surface area (Å²) in [6, 6.07) is 0. The van der Waals surface area contributed by atoms with E-state index in [4.69, 9.17) is 0 Å². The van der Waals surface area contributed by atoms with Gasteiger partial charge < -0.3 is 5.32 Å². The third kappa shape index (κ3) is 2.52. The van der Waals surface area contributed by atoms with E-state index >= 15 is 0 Å². The molecular weight excluding hydrogens is 233 g/mol. The number of nitrogens with zero attached hydrogens (tertiary/aromatic N) is 4. The average molecular weight is 251 g/mol. The lowest BCUT2D eigenvalue weighted by molar-refractivity contribution is 0.426. The highest BCUT2D eigenvalue weighted by atomic mass is 19.1. The highest BCUT2D eigenvalue weighted by molar-refractivity contribution is 5.46. The number of aryl methyl sites for hydroxylation is 3. The number of anilines is 1. The summed E-state index contributed by atoms with van der Waals surface area (Å²) in [6.45, 7) is 4.54. The van der Waals surface area contributed by atoms with E-state index < -0.39 is 6.67 Å². The Bertz CT molecular complexity index is 529. The van der Waals surface area contributed by atoms with Crippen LogP contribution in [-0.4, -0.2) is 26.2 Å². The molecule has 0 aliphatic carbocycles. The number of nitrogens with one attached hydrogen (secondary N) is 1. The lowest BCUT2D eigenvalue weighted by Crippen LogP contribution is -2.02. The smallest absolute Gasteiger partial charge is 0.109 e.